The molecule has 0 bridgehead atoms. The van der Waals surface area contributed by atoms with Crippen molar-refractivity contribution in [3.05, 3.63) is 29.3 Å². The van der Waals surface area contributed by atoms with Crippen LogP contribution in [0.5, 0.6) is 0 Å². The van der Waals surface area contributed by atoms with Gasteiger partial charge in [0, 0.05) is 11.3 Å². The standard InChI is InChI=1S/C15H20N2O3S/c1-10-5-3-6-11(12(10)13(18)19)17-14(20)16-9-15(21-2)7-4-8-15/h3,5-6H,4,7-9H2,1-2H3,(H,18,19)(H2,16,17,20). The Hall–Kier alpha value is -1.69. The summed E-state index contributed by atoms with van der Waals surface area (Å²) < 4.78 is 0.152. The largest absolute Gasteiger partial charge is 0.478 e. The van der Waals surface area contributed by atoms with Gasteiger partial charge in [-0.2, -0.15) is 11.8 Å². The van der Waals surface area contributed by atoms with Crippen molar-refractivity contribution < 1.29 is 14.7 Å². The van der Waals surface area contributed by atoms with Crippen molar-refractivity contribution in [1.82, 2.24) is 5.32 Å². The molecule has 0 heterocycles. The number of nitrogens with one attached hydrogen (secondary N) is 2. The first kappa shape index (κ1) is 15.7. The lowest BCUT2D eigenvalue weighted by atomic mass is 9.84. The molecule has 2 amide bonds. The van der Waals surface area contributed by atoms with Gasteiger partial charge in [-0.25, -0.2) is 9.59 Å². The Morgan fingerprint density at radius 2 is 2.10 bits per heavy atom. The number of hydrogen-bond acceptors (Lipinski definition) is 3. The summed E-state index contributed by atoms with van der Waals surface area (Å²) in [6.07, 6.45) is 5.48. The van der Waals surface area contributed by atoms with Crippen LogP contribution in [-0.2, 0) is 0 Å². The minimum atomic E-state index is -1.04. The molecule has 6 heteroatoms. The second-order valence-electron chi connectivity index (χ2n) is 5.35. The lowest BCUT2D eigenvalue weighted by molar-refractivity contribution is 0.0697. The van der Waals surface area contributed by atoms with E-state index in [1.54, 1.807) is 36.9 Å². The third-order valence-electron chi connectivity index (χ3n) is 4.00. The number of aromatic carboxylic acids is 1. The summed E-state index contributed by atoms with van der Waals surface area (Å²) in [5.41, 5.74) is 1.09. The maximum Gasteiger partial charge on any atom is 0.338 e. The third kappa shape index (κ3) is 3.50. The van der Waals surface area contributed by atoms with Gasteiger partial charge in [0.1, 0.15) is 0 Å². The molecule has 0 spiro atoms. The SMILES string of the molecule is CSC1(CNC(=O)Nc2cccc(C)c2C(=O)O)CCC1. The van der Waals surface area contributed by atoms with Crippen LogP contribution in [0.25, 0.3) is 0 Å². The fraction of sp³-hybridized carbons (Fsp3) is 0.467. The number of carboxylic acid groups (broad SMARTS) is 1. The summed E-state index contributed by atoms with van der Waals surface area (Å²) >= 11 is 1.78. The van der Waals surface area contributed by atoms with Crippen LogP contribution in [0.2, 0.25) is 0 Å². The molecular formula is C15H20N2O3S. The van der Waals surface area contributed by atoms with E-state index < -0.39 is 5.97 Å². The molecular weight excluding hydrogens is 288 g/mol. The highest BCUT2D eigenvalue weighted by Crippen LogP contribution is 2.42. The number of carboxylic acids is 1. The van der Waals surface area contributed by atoms with Gasteiger partial charge in [-0.05, 0) is 37.7 Å². The van der Waals surface area contributed by atoms with E-state index in [1.807, 2.05) is 0 Å². The number of anilines is 1. The average molecular weight is 308 g/mol. The van der Waals surface area contributed by atoms with Crippen molar-refractivity contribution in [2.24, 2.45) is 0 Å². The number of urea groups is 1. The van der Waals surface area contributed by atoms with E-state index in [9.17, 15) is 14.7 Å². The summed E-state index contributed by atoms with van der Waals surface area (Å²) in [5, 5.41) is 14.7. The molecule has 5 nitrogen and oxygen atoms in total. The fourth-order valence-corrected chi connectivity index (χ4v) is 3.40. The van der Waals surface area contributed by atoms with Crippen molar-refractivity contribution >= 4 is 29.4 Å². The number of carbonyl (C=O) groups excluding carboxylic acids is 1. The number of aryl methyl sites for hydroxylation is 1. The molecule has 1 aliphatic carbocycles. The van der Waals surface area contributed by atoms with E-state index in [1.165, 1.54) is 6.42 Å². The van der Waals surface area contributed by atoms with Crippen LogP contribution in [0.4, 0.5) is 10.5 Å². The molecule has 1 aromatic carbocycles. The van der Waals surface area contributed by atoms with E-state index in [-0.39, 0.29) is 16.3 Å². The molecule has 21 heavy (non-hydrogen) atoms. The minimum Gasteiger partial charge on any atom is -0.478 e. The van der Waals surface area contributed by atoms with Crippen LogP contribution in [-0.4, -0.2) is 34.7 Å². The Labute approximate surface area is 128 Å². The number of rotatable bonds is 5. The Kier molecular flexibility index (Phi) is 4.77. The van der Waals surface area contributed by atoms with Crippen molar-refractivity contribution in [2.75, 3.05) is 18.1 Å². The van der Waals surface area contributed by atoms with Crippen molar-refractivity contribution in [3.8, 4) is 0 Å². The van der Waals surface area contributed by atoms with Crippen LogP contribution in [0.1, 0.15) is 35.2 Å². The molecule has 0 radical (unpaired) electrons. The van der Waals surface area contributed by atoms with Crippen LogP contribution in [0.3, 0.4) is 0 Å². The highest BCUT2D eigenvalue weighted by atomic mass is 32.2. The molecule has 3 N–H and O–H groups in total. The average Bonchev–Trinajstić information content (AvgIpc) is 2.37. The van der Waals surface area contributed by atoms with Gasteiger partial charge in [-0.3, -0.25) is 0 Å². The number of thioether (sulfide) groups is 1. The molecule has 0 aromatic heterocycles. The summed E-state index contributed by atoms with van der Waals surface area (Å²) in [5.74, 6) is -1.04. The van der Waals surface area contributed by atoms with Gasteiger partial charge < -0.3 is 15.7 Å². The maximum absolute atomic E-state index is 12.0. The molecule has 114 valence electrons. The highest BCUT2D eigenvalue weighted by molar-refractivity contribution is 8.00. The molecule has 1 fully saturated rings. The Bertz CT molecular complexity index is 550. The second kappa shape index (κ2) is 6.39. The van der Waals surface area contributed by atoms with Crippen molar-refractivity contribution in [1.29, 1.82) is 0 Å². The van der Waals surface area contributed by atoms with E-state index in [0.717, 1.165) is 12.8 Å². The molecule has 0 atom stereocenters. The number of hydrogen-bond donors (Lipinski definition) is 3. The molecule has 0 aliphatic heterocycles. The van der Waals surface area contributed by atoms with Gasteiger partial charge in [0.25, 0.3) is 0 Å². The monoisotopic (exact) mass is 308 g/mol. The van der Waals surface area contributed by atoms with Crippen LogP contribution in [0, 0.1) is 6.92 Å². The number of amides is 2. The van der Waals surface area contributed by atoms with Crippen molar-refractivity contribution in [3.63, 3.8) is 0 Å². The van der Waals surface area contributed by atoms with Gasteiger partial charge >= 0.3 is 12.0 Å². The fourth-order valence-electron chi connectivity index (χ4n) is 2.49. The van der Waals surface area contributed by atoms with Crippen LogP contribution < -0.4 is 10.6 Å². The van der Waals surface area contributed by atoms with Gasteiger partial charge in [-0.1, -0.05) is 18.6 Å². The Morgan fingerprint density at radius 1 is 1.38 bits per heavy atom. The normalized spacial score (nSPS) is 15.9. The van der Waals surface area contributed by atoms with Gasteiger partial charge in [0.15, 0.2) is 0 Å². The molecule has 2 rings (SSSR count). The van der Waals surface area contributed by atoms with E-state index in [4.69, 9.17) is 0 Å². The second-order valence-corrected chi connectivity index (χ2v) is 6.63. The summed E-state index contributed by atoms with van der Waals surface area (Å²) in [4.78, 5) is 23.2. The first-order valence-corrected chi connectivity index (χ1v) is 8.13. The zero-order valence-corrected chi connectivity index (χ0v) is 13.0. The zero-order valence-electron chi connectivity index (χ0n) is 12.2. The van der Waals surface area contributed by atoms with Crippen LogP contribution >= 0.6 is 11.8 Å². The predicted octanol–water partition coefficient (Wildman–Crippen LogP) is 3.10. The summed E-state index contributed by atoms with van der Waals surface area (Å²) in [6, 6.07) is 4.68. The molecule has 1 aliphatic rings. The van der Waals surface area contributed by atoms with Crippen molar-refractivity contribution in [2.45, 2.75) is 30.9 Å². The van der Waals surface area contributed by atoms with E-state index in [2.05, 4.69) is 16.9 Å². The molecule has 1 aromatic rings. The minimum absolute atomic E-state index is 0.135. The van der Waals surface area contributed by atoms with E-state index in [0.29, 0.717) is 17.8 Å². The first-order chi connectivity index (χ1) is 9.97. The maximum atomic E-state index is 12.0. The smallest absolute Gasteiger partial charge is 0.338 e. The molecule has 0 unspecified atom stereocenters. The number of benzene rings is 1. The lowest BCUT2D eigenvalue weighted by Gasteiger charge is -2.40. The summed E-state index contributed by atoms with van der Waals surface area (Å²) in [6.45, 7) is 2.32. The quantitative estimate of drug-likeness (QED) is 0.781. The predicted molar refractivity (Wildman–Crippen MR) is 85.3 cm³/mol. The molecule has 1 saturated carbocycles. The third-order valence-corrected chi connectivity index (χ3v) is 5.42. The van der Waals surface area contributed by atoms with Gasteiger partial charge in [-0.15, -0.1) is 0 Å². The van der Waals surface area contributed by atoms with Gasteiger partial charge in [0.2, 0.25) is 0 Å². The topological polar surface area (TPSA) is 78.4 Å². The summed E-state index contributed by atoms with van der Waals surface area (Å²) in [7, 11) is 0. The highest BCUT2D eigenvalue weighted by Gasteiger charge is 2.36. The lowest BCUT2D eigenvalue weighted by Crippen LogP contribution is -2.46. The zero-order chi connectivity index (χ0) is 15.5. The van der Waals surface area contributed by atoms with E-state index >= 15 is 0 Å². The first-order valence-electron chi connectivity index (χ1n) is 6.90. The van der Waals surface area contributed by atoms with Crippen LogP contribution in [0.15, 0.2) is 18.2 Å². The van der Waals surface area contributed by atoms with Gasteiger partial charge in [0.05, 0.1) is 11.3 Å². The molecule has 0 saturated heterocycles. The Balaban J connectivity index is 2.00. The Morgan fingerprint density at radius 3 is 2.62 bits per heavy atom. The number of carbonyl (C=O) groups is 2.